The van der Waals surface area contributed by atoms with E-state index in [1.165, 1.54) is 12.8 Å². The first kappa shape index (κ1) is 14.8. The van der Waals surface area contributed by atoms with E-state index in [2.05, 4.69) is 19.2 Å². The number of carbonyl (C=O) groups is 1. The van der Waals surface area contributed by atoms with Gasteiger partial charge in [-0.05, 0) is 19.3 Å². The highest BCUT2D eigenvalue weighted by molar-refractivity contribution is 5.84. The number of hydrogen-bond acceptors (Lipinski definition) is 3. The molecule has 0 aromatic heterocycles. The maximum absolute atomic E-state index is 12.3. The molecule has 2 aliphatic rings. The smallest absolute Gasteiger partial charge is 0.239 e. The summed E-state index contributed by atoms with van der Waals surface area (Å²) in [4.78, 5) is 14.2. The van der Waals surface area contributed by atoms with Gasteiger partial charge in [-0.25, -0.2) is 0 Å². The maximum atomic E-state index is 12.3. The lowest BCUT2D eigenvalue weighted by atomic mass is 9.94. The molecule has 2 fully saturated rings. The molecule has 110 valence electrons. The third-order valence-corrected chi connectivity index (χ3v) is 4.35. The van der Waals surface area contributed by atoms with Crippen LogP contribution in [0.2, 0.25) is 0 Å². The second-order valence-electron chi connectivity index (χ2n) is 6.56. The zero-order valence-electron chi connectivity index (χ0n) is 12.3. The fourth-order valence-electron chi connectivity index (χ4n) is 3.35. The highest BCUT2D eigenvalue weighted by Crippen LogP contribution is 2.29. The monoisotopic (exact) mass is 268 g/mol. The minimum atomic E-state index is -0.640. The Balaban J connectivity index is 1.90. The SMILES string of the molecule is CC(C)NC1CCN(CC2(O)CCCCCC2)C1=O. The second-order valence-corrected chi connectivity index (χ2v) is 6.56. The Hall–Kier alpha value is -0.610. The number of likely N-dealkylation sites (tertiary alicyclic amines) is 1. The summed E-state index contributed by atoms with van der Waals surface area (Å²) < 4.78 is 0. The molecular weight excluding hydrogens is 240 g/mol. The van der Waals surface area contributed by atoms with Gasteiger partial charge in [0.05, 0.1) is 11.6 Å². The Morgan fingerprint density at radius 3 is 2.53 bits per heavy atom. The number of β-amino-alcohol motifs (C(OH)–C–C–N with tert-alkyl or cyclic N) is 1. The number of aliphatic hydroxyl groups is 1. The molecule has 1 saturated heterocycles. The van der Waals surface area contributed by atoms with Crippen molar-refractivity contribution in [1.82, 2.24) is 10.2 Å². The van der Waals surface area contributed by atoms with Crippen LogP contribution in [-0.4, -0.2) is 46.7 Å². The molecule has 1 heterocycles. The van der Waals surface area contributed by atoms with Gasteiger partial charge < -0.3 is 15.3 Å². The van der Waals surface area contributed by atoms with Crippen molar-refractivity contribution in [2.24, 2.45) is 0 Å². The summed E-state index contributed by atoms with van der Waals surface area (Å²) in [6.07, 6.45) is 7.17. The average molecular weight is 268 g/mol. The Bertz CT molecular complexity index is 309. The first-order valence-corrected chi connectivity index (χ1v) is 7.77. The van der Waals surface area contributed by atoms with Crippen LogP contribution in [0.3, 0.4) is 0 Å². The third-order valence-electron chi connectivity index (χ3n) is 4.35. The summed E-state index contributed by atoms with van der Waals surface area (Å²) in [5, 5.41) is 14.0. The van der Waals surface area contributed by atoms with Crippen LogP contribution in [0.25, 0.3) is 0 Å². The first-order valence-electron chi connectivity index (χ1n) is 7.77. The third kappa shape index (κ3) is 3.93. The van der Waals surface area contributed by atoms with E-state index in [1.807, 2.05) is 4.90 Å². The number of hydrogen-bond donors (Lipinski definition) is 2. The summed E-state index contributed by atoms with van der Waals surface area (Å²) in [7, 11) is 0. The molecule has 4 heteroatoms. The first-order chi connectivity index (χ1) is 9.00. The van der Waals surface area contributed by atoms with E-state index in [4.69, 9.17) is 0 Å². The van der Waals surface area contributed by atoms with Gasteiger partial charge >= 0.3 is 0 Å². The van der Waals surface area contributed by atoms with Gasteiger partial charge in [0.2, 0.25) is 5.91 Å². The van der Waals surface area contributed by atoms with Crippen molar-refractivity contribution < 1.29 is 9.90 Å². The Kier molecular flexibility index (Phi) is 4.85. The number of amides is 1. The van der Waals surface area contributed by atoms with Crippen molar-refractivity contribution in [3.05, 3.63) is 0 Å². The van der Waals surface area contributed by atoms with Crippen LogP contribution in [0.5, 0.6) is 0 Å². The fourth-order valence-corrected chi connectivity index (χ4v) is 3.35. The van der Waals surface area contributed by atoms with Gasteiger partial charge in [-0.15, -0.1) is 0 Å². The molecule has 2 rings (SSSR count). The molecule has 1 unspecified atom stereocenters. The van der Waals surface area contributed by atoms with Gasteiger partial charge in [-0.3, -0.25) is 4.79 Å². The zero-order chi connectivity index (χ0) is 13.9. The van der Waals surface area contributed by atoms with Crippen molar-refractivity contribution in [1.29, 1.82) is 0 Å². The Morgan fingerprint density at radius 2 is 1.95 bits per heavy atom. The number of nitrogens with zero attached hydrogens (tertiary/aromatic N) is 1. The average Bonchev–Trinajstić information content (AvgIpc) is 2.55. The van der Waals surface area contributed by atoms with Crippen molar-refractivity contribution in [3.63, 3.8) is 0 Å². The van der Waals surface area contributed by atoms with Crippen molar-refractivity contribution >= 4 is 5.91 Å². The molecule has 0 radical (unpaired) electrons. The highest BCUT2D eigenvalue weighted by Gasteiger charge is 2.37. The van der Waals surface area contributed by atoms with Crippen LogP contribution in [0, 0.1) is 0 Å². The number of nitrogens with one attached hydrogen (secondary N) is 1. The number of rotatable bonds is 4. The van der Waals surface area contributed by atoms with Crippen LogP contribution in [-0.2, 0) is 4.79 Å². The summed E-state index contributed by atoms with van der Waals surface area (Å²) >= 11 is 0. The van der Waals surface area contributed by atoms with Gasteiger partial charge in [-0.1, -0.05) is 39.5 Å². The molecule has 1 atom stereocenters. The predicted octanol–water partition coefficient (Wildman–Crippen LogP) is 1.67. The van der Waals surface area contributed by atoms with Crippen molar-refractivity contribution in [2.75, 3.05) is 13.1 Å². The summed E-state index contributed by atoms with van der Waals surface area (Å²) in [5.41, 5.74) is -0.640. The van der Waals surface area contributed by atoms with Crippen LogP contribution in [0.15, 0.2) is 0 Å². The van der Waals surface area contributed by atoms with Gasteiger partial charge in [-0.2, -0.15) is 0 Å². The standard InChI is InChI=1S/C15H28N2O2/c1-12(2)16-13-7-10-17(14(13)18)11-15(19)8-5-3-4-6-9-15/h12-13,16,19H,3-11H2,1-2H3. The highest BCUT2D eigenvalue weighted by atomic mass is 16.3. The molecule has 0 spiro atoms. The van der Waals surface area contributed by atoms with Crippen LogP contribution in [0.4, 0.5) is 0 Å². The lowest BCUT2D eigenvalue weighted by Gasteiger charge is -2.31. The van der Waals surface area contributed by atoms with Crippen molar-refractivity contribution in [2.45, 2.75) is 76.5 Å². The van der Waals surface area contributed by atoms with Gasteiger partial charge in [0.15, 0.2) is 0 Å². The number of carbonyl (C=O) groups excluding carboxylic acids is 1. The van der Waals surface area contributed by atoms with E-state index >= 15 is 0 Å². The fraction of sp³-hybridized carbons (Fsp3) is 0.933. The van der Waals surface area contributed by atoms with Crippen LogP contribution >= 0.6 is 0 Å². The lowest BCUT2D eigenvalue weighted by molar-refractivity contribution is -0.133. The minimum absolute atomic E-state index is 0.0469. The molecule has 0 bridgehead atoms. The molecule has 1 aliphatic carbocycles. The van der Waals surface area contributed by atoms with E-state index in [0.29, 0.717) is 12.6 Å². The quantitative estimate of drug-likeness (QED) is 0.763. The van der Waals surface area contributed by atoms with E-state index < -0.39 is 5.60 Å². The molecule has 1 saturated carbocycles. The van der Waals surface area contributed by atoms with E-state index in [0.717, 1.165) is 38.6 Å². The minimum Gasteiger partial charge on any atom is -0.388 e. The van der Waals surface area contributed by atoms with Crippen LogP contribution in [0.1, 0.15) is 58.8 Å². The normalized spacial score (nSPS) is 27.9. The van der Waals surface area contributed by atoms with Gasteiger partial charge in [0.1, 0.15) is 0 Å². The molecular formula is C15H28N2O2. The summed E-state index contributed by atoms with van der Waals surface area (Å²) in [6.45, 7) is 5.44. The van der Waals surface area contributed by atoms with E-state index in [1.54, 1.807) is 0 Å². The zero-order valence-corrected chi connectivity index (χ0v) is 12.3. The largest absolute Gasteiger partial charge is 0.388 e. The topological polar surface area (TPSA) is 52.6 Å². The molecule has 1 amide bonds. The molecule has 19 heavy (non-hydrogen) atoms. The van der Waals surface area contributed by atoms with Crippen molar-refractivity contribution in [3.8, 4) is 0 Å². The second kappa shape index (κ2) is 6.23. The maximum Gasteiger partial charge on any atom is 0.239 e. The predicted molar refractivity (Wildman–Crippen MR) is 75.9 cm³/mol. The molecule has 2 N–H and O–H groups in total. The van der Waals surface area contributed by atoms with E-state index in [9.17, 15) is 9.90 Å². The molecule has 0 aromatic rings. The summed E-state index contributed by atoms with van der Waals surface area (Å²) in [5.74, 6) is 0.173. The van der Waals surface area contributed by atoms with Gasteiger partial charge in [0.25, 0.3) is 0 Å². The Labute approximate surface area is 116 Å². The van der Waals surface area contributed by atoms with Crippen LogP contribution < -0.4 is 5.32 Å². The summed E-state index contributed by atoms with van der Waals surface area (Å²) in [6, 6.07) is 0.282. The molecule has 4 nitrogen and oxygen atoms in total. The van der Waals surface area contributed by atoms with Gasteiger partial charge in [0, 0.05) is 19.1 Å². The lowest BCUT2D eigenvalue weighted by Crippen LogP contribution is -2.47. The van der Waals surface area contributed by atoms with E-state index in [-0.39, 0.29) is 11.9 Å². The Morgan fingerprint density at radius 1 is 1.32 bits per heavy atom. The molecule has 0 aromatic carbocycles. The molecule has 1 aliphatic heterocycles.